The number of rotatable bonds is 2. The molecule has 1 aromatic carbocycles. The molecule has 14 heavy (non-hydrogen) atoms. The molecule has 0 heterocycles. The van der Waals surface area contributed by atoms with E-state index in [1.807, 2.05) is 19.9 Å². The van der Waals surface area contributed by atoms with Gasteiger partial charge >= 0.3 is 0 Å². The minimum atomic E-state index is 0.289. The van der Waals surface area contributed by atoms with Crippen molar-refractivity contribution in [3.63, 3.8) is 0 Å². The molecule has 1 aromatic rings. The second-order valence-electron chi connectivity index (χ2n) is 3.36. The van der Waals surface area contributed by atoms with Gasteiger partial charge in [0.1, 0.15) is 0 Å². The number of nitriles is 1. The standard InChI is InChI=1S/C11H12N2O/c1-8(2)11-5-9(7-13-14)3-4-10(11)6-12/h3-5,7-8,14H,1-2H3/b13-7-. The first-order valence-corrected chi connectivity index (χ1v) is 4.40. The lowest BCUT2D eigenvalue weighted by molar-refractivity contribution is 0.322. The number of hydrogen-bond donors (Lipinski definition) is 1. The summed E-state index contributed by atoms with van der Waals surface area (Å²) in [5, 5.41) is 20.2. The Labute approximate surface area is 83.3 Å². The second-order valence-corrected chi connectivity index (χ2v) is 3.36. The van der Waals surface area contributed by atoms with E-state index in [4.69, 9.17) is 10.5 Å². The number of oxime groups is 1. The minimum Gasteiger partial charge on any atom is -0.411 e. The summed E-state index contributed by atoms with van der Waals surface area (Å²) in [6, 6.07) is 7.50. The van der Waals surface area contributed by atoms with Gasteiger partial charge in [-0.3, -0.25) is 0 Å². The molecule has 0 amide bonds. The van der Waals surface area contributed by atoms with Gasteiger partial charge in [-0.15, -0.1) is 0 Å². The van der Waals surface area contributed by atoms with Crippen molar-refractivity contribution in [1.29, 1.82) is 5.26 Å². The number of benzene rings is 1. The highest BCUT2D eigenvalue weighted by Crippen LogP contribution is 2.19. The van der Waals surface area contributed by atoms with E-state index in [2.05, 4.69) is 11.2 Å². The van der Waals surface area contributed by atoms with Crippen molar-refractivity contribution in [2.75, 3.05) is 0 Å². The third kappa shape index (κ3) is 2.11. The van der Waals surface area contributed by atoms with E-state index in [9.17, 15) is 0 Å². The van der Waals surface area contributed by atoms with E-state index in [-0.39, 0.29) is 5.92 Å². The smallest absolute Gasteiger partial charge is 0.0994 e. The van der Waals surface area contributed by atoms with E-state index in [0.29, 0.717) is 5.56 Å². The van der Waals surface area contributed by atoms with Crippen LogP contribution in [0.15, 0.2) is 23.4 Å². The first-order valence-electron chi connectivity index (χ1n) is 4.40. The first kappa shape index (κ1) is 10.3. The zero-order valence-electron chi connectivity index (χ0n) is 8.23. The van der Waals surface area contributed by atoms with Crippen LogP contribution in [0.3, 0.4) is 0 Å². The van der Waals surface area contributed by atoms with Gasteiger partial charge in [-0.1, -0.05) is 25.1 Å². The van der Waals surface area contributed by atoms with Crippen LogP contribution in [0.1, 0.15) is 36.5 Å². The van der Waals surface area contributed by atoms with Crippen molar-refractivity contribution in [3.05, 3.63) is 34.9 Å². The summed E-state index contributed by atoms with van der Waals surface area (Å²) in [7, 11) is 0. The first-order chi connectivity index (χ1) is 6.69. The fourth-order valence-corrected chi connectivity index (χ4v) is 1.31. The molecule has 0 aromatic heterocycles. The van der Waals surface area contributed by atoms with Crippen LogP contribution in [0.4, 0.5) is 0 Å². The van der Waals surface area contributed by atoms with Crippen LogP contribution < -0.4 is 0 Å². The van der Waals surface area contributed by atoms with E-state index < -0.39 is 0 Å². The maximum Gasteiger partial charge on any atom is 0.0994 e. The molecule has 0 saturated heterocycles. The van der Waals surface area contributed by atoms with Crippen LogP contribution in [0.2, 0.25) is 0 Å². The molecule has 0 aliphatic rings. The lowest BCUT2D eigenvalue weighted by Gasteiger charge is -2.07. The predicted octanol–water partition coefficient (Wildman–Crippen LogP) is 2.49. The minimum absolute atomic E-state index is 0.289. The van der Waals surface area contributed by atoms with Crippen LogP contribution in [0.25, 0.3) is 0 Å². The third-order valence-corrected chi connectivity index (χ3v) is 2.02. The molecule has 0 bridgehead atoms. The summed E-state index contributed by atoms with van der Waals surface area (Å²) in [5.74, 6) is 0.289. The molecule has 3 heteroatoms. The van der Waals surface area contributed by atoms with Crippen LogP contribution in [0.5, 0.6) is 0 Å². The molecular formula is C11H12N2O. The van der Waals surface area contributed by atoms with E-state index in [1.54, 1.807) is 12.1 Å². The maximum atomic E-state index is 8.86. The topological polar surface area (TPSA) is 56.4 Å². The Morgan fingerprint density at radius 1 is 1.50 bits per heavy atom. The molecule has 1 N–H and O–H groups in total. The Hall–Kier alpha value is -1.82. The molecule has 0 spiro atoms. The molecular weight excluding hydrogens is 176 g/mol. The van der Waals surface area contributed by atoms with Gasteiger partial charge in [-0.2, -0.15) is 5.26 Å². The zero-order chi connectivity index (χ0) is 10.6. The molecule has 0 aliphatic heterocycles. The average molecular weight is 188 g/mol. The summed E-state index contributed by atoms with van der Waals surface area (Å²) >= 11 is 0. The van der Waals surface area contributed by atoms with Gasteiger partial charge in [-0.05, 0) is 29.2 Å². The Balaban J connectivity index is 3.22. The molecule has 3 nitrogen and oxygen atoms in total. The molecule has 72 valence electrons. The molecule has 1 rings (SSSR count). The van der Waals surface area contributed by atoms with Gasteiger partial charge in [0.2, 0.25) is 0 Å². The highest BCUT2D eigenvalue weighted by molar-refractivity contribution is 5.79. The van der Waals surface area contributed by atoms with Crippen molar-refractivity contribution in [3.8, 4) is 6.07 Å². The van der Waals surface area contributed by atoms with Crippen LogP contribution in [-0.2, 0) is 0 Å². The molecule has 0 atom stereocenters. The van der Waals surface area contributed by atoms with Crippen LogP contribution in [0, 0.1) is 11.3 Å². The van der Waals surface area contributed by atoms with Crippen LogP contribution in [-0.4, -0.2) is 11.4 Å². The Kier molecular flexibility index (Phi) is 3.24. The highest BCUT2D eigenvalue weighted by atomic mass is 16.4. The molecule has 0 unspecified atom stereocenters. The van der Waals surface area contributed by atoms with Gasteiger partial charge in [0.15, 0.2) is 0 Å². The van der Waals surface area contributed by atoms with Crippen molar-refractivity contribution < 1.29 is 5.21 Å². The third-order valence-electron chi connectivity index (χ3n) is 2.02. The van der Waals surface area contributed by atoms with Gasteiger partial charge in [-0.25, -0.2) is 0 Å². The van der Waals surface area contributed by atoms with Crippen molar-refractivity contribution in [1.82, 2.24) is 0 Å². The van der Waals surface area contributed by atoms with Gasteiger partial charge < -0.3 is 5.21 Å². The summed E-state index contributed by atoms with van der Waals surface area (Å²) in [6.45, 7) is 4.05. The van der Waals surface area contributed by atoms with Gasteiger partial charge in [0.25, 0.3) is 0 Å². The van der Waals surface area contributed by atoms with E-state index in [1.165, 1.54) is 6.21 Å². The van der Waals surface area contributed by atoms with Gasteiger partial charge in [0.05, 0.1) is 17.8 Å². The Bertz CT molecular complexity index is 389. The molecule has 0 fully saturated rings. The lowest BCUT2D eigenvalue weighted by atomic mass is 9.96. The van der Waals surface area contributed by atoms with E-state index in [0.717, 1.165) is 11.1 Å². The quantitative estimate of drug-likeness (QED) is 0.440. The largest absolute Gasteiger partial charge is 0.411 e. The normalized spacial score (nSPS) is 10.7. The van der Waals surface area contributed by atoms with Crippen molar-refractivity contribution >= 4 is 6.21 Å². The van der Waals surface area contributed by atoms with Crippen LogP contribution >= 0.6 is 0 Å². The summed E-state index contributed by atoms with van der Waals surface area (Å²) < 4.78 is 0. The SMILES string of the molecule is CC(C)c1cc(/C=N\O)ccc1C#N. The van der Waals surface area contributed by atoms with Crippen molar-refractivity contribution in [2.24, 2.45) is 5.16 Å². The average Bonchev–Trinajstić information content (AvgIpc) is 2.18. The molecule has 0 saturated carbocycles. The van der Waals surface area contributed by atoms with E-state index >= 15 is 0 Å². The predicted molar refractivity (Wildman–Crippen MR) is 54.6 cm³/mol. The lowest BCUT2D eigenvalue weighted by Crippen LogP contribution is -1.94. The zero-order valence-corrected chi connectivity index (χ0v) is 8.23. The Morgan fingerprint density at radius 2 is 2.21 bits per heavy atom. The molecule has 0 aliphatic carbocycles. The monoisotopic (exact) mass is 188 g/mol. The van der Waals surface area contributed by atoms with Gasteiger partial charge in [0, 0.05) is 0 Å². The molecule has 0 radical (unpaired) electrons. The maximum absolute atomic E-state index is 8.86. The highest BCUT2D eigenvalue weighted by Gasteiger charge is 2.06. The summed E-state index contributed by atoms with van der Waals surface area (Å²) in [5.41, 5.74) is 2.45. The van der Waals surface area contributed by atoms with Crippen molar-refractivity contribution in [2.45, 2.75) is 19.8 Å². The fourth-order valence-electron chi connectivity index (χ4n) is 1.31. The fraction of sp³-hybridized carbons (Fsp3) is 0.273. The number of hydrogen-bond acceptors (Lipinski definition) is 3. The second kappa shape index (κ2) is 4.43. The number of nitrogens with zero attached hydrogens (tertiary/aromatic N) is 2. The summed E-state index contributed by atoms with van der Waals surface area (Å²) in [6.07, 6.45) is 1.35. The summed E-state index contributed by atoms with van der Waals surface area (Å²) in [4.78, 5) is 0. The Morgan fingerprint density at radius 3 is 2.71 bits per heavy atom.